The van der Waals surface area contributed by atoms with Crippen LogP contribution in [-0.4, -0.2) is 166 Å². The Hall–Kier alpha value is -9.08. The molecule has 0 aliphatic rings. The number of hydrogen-bond donors (Lipinski definition) is 20. The number of carbonyl (C=O) groups is 6. The van der Waals surface area contributed by atoms with Gasteiger partial charge >= 0.3 is 0 Å². The van der Waals surface area contributed by atoms with Crippen molar-refractivity contribution in [1.29, 1.82) is 0 Å². The van der Waals surface area contributed by atoms with Crippen LogP contribution >= 0.6 is 0 Å². The summed E-state index contributed by atoms with van der Waals surface area (Å²) in [7, 11) is 0. The molecule has 5 aromatic carbocycles. The van der Waals surface area contributed by atoms with E-state index in [1.165, 1.54) is 0 Å². The van der Waals surface area contributed by atoms with Crippen LogP contribution in [0.15, 0.2) is 60.7 Å². The number of aliphatic hydroxyl groups is 5. The van der Waals surface area contributed by atoms with Crippen molar-refractivity contribution >= 4 is 34.7 Å². The SMILES string of the molecule is O=C(C(=O)[C@@](O)(C(=O)c1cc(O)c(O)c(O)c1)[C@](O)(C(=O)c1cc(O)c(O)c(O)c1)[C@@](O)(C(=O)c1cc(O)c(O)c(O)c1)[C@](O)(CO)C(=O)c1cc(O)c(O)c(O)c1)c1cc(O)c(O)c(O)c1. The number of benzene rings is 5. The van der Waals surface area contributed by atoms with Gasteiger partial charge < -0.3 is 102 Å². The van der Waals surface area contributed by atoms with Gasteiger partial charge in [-0.25, -0.2) is 0 Å². The molecule has 4 atom stereocenters. The third-order valence-electron chi connectivity index (χ3n) is 10.4. The van der Waals surface area contributed by atoms with E-state index in [1.807, 2.05) is 0 Å². The molecule has 0 unspecified atom stereocenters. The Bertz CT molecular complexity index is 2880. The van der Waals surface area contributed by atoms with Crippen molar-refractivity contribution in [2.45, 2.75) is 22.4 Å². The molecule has 0 bridgehead atoms. The minimum atomic E-state index is -5.86. The maximum absolute atomic E-state index is 15.3. The number of aromatic hydroxyl groups is 15. The fourth-order valence-electron chi connectivity index (χ4n) is 6.86. The zero-order valence-electron chi connectivity index (χ0n) is 32.9. The quantitative estimate of drug-likeness (QED) is 0.0245. The summed E-state index contributed by atoms with van der Waals surface area (Å²) in [4.78, 5) is 89.1. The van der Waals surface area contributed by atoms with E-state index < -0.39 is 178 Å². The highest BCUT2D eigenvalue weighted by molar-refractivity contribution is 6.52. The Labute approximate surface area is 369 Å². The van der Waals surface area contributed by atoms with Crippen LogP contribution < -0.4 is 0 Å². The summed E-state index contributed by atoms with van der Waals surface area (Å²) in [5.74, 6) is -40.1. The number of carbonyl (C=O) groups excluding carboxylic acids is 6. The van der Waals surface area contributed by atoms with Gasteiger partial charge in [-0.05, 0) is 60.7 Å². The van der Waals surface area contributed by atoms with Crippen molar-refractivity contribution in [3.05, 3.63) is 88.5 Å². The van der Waals surface area contributed by atoms with Gasteiger partial charge in [0.2, 0.25) is 51.5 Å². The summed E-state index contributed by atoms with van der Waals surface area (Å²) in [6.07, 6.45) is 0. The van der Waals surface area contributed by atoms with E-state index in [4.69, 9.17) is 0 Å². The van der Waals surface area contributed by atoms with Gasteiger partial charge in [0.15, 0.2) is 91.8 Å². The minimum Gasteiger partial charge on any atom is -0.504 e. The molecule has 0 amide bonds. The van der Waals surface area contributed by atoms with E-state index in [-0.39, 0.29) is 60.7 Å². The Kier molecular flexibility index (Phi) is 12.0. The van der Waals surface area contributed by atoms with Crippen LogP contribution in [0.4, 0.5) is 0 Å². The zero-order chi connectivity index (χ0) is 50.8. The predicted octanol–water partition coefficient (Wildman–Crippen LogP) is -1.53. The van der Waals surface area contributed by atoms with E-state index in [9.17, 15) is 121 Å². The smallest absolute Gasteiger partial charge is 0.246 e. The number of ketones is 6. The van der Waals surface area contributed by atoms with Gasteiger partial charge in [0, 0.05) is 27.8 Å². The maximum atomic E-state index is 15.3. The van der Waals surface area contributed by atoms with Crippen molar-refractivity contribution < 1.29 is 131 Å². The molecule has 0 aliphatic carbocycles. The first-order chi connectivity index (χ1) is 30.9. The third-order valence-corrected chi connectivity index (χ3v) is 10.4. The second-order valence-electron chi connectivity index (χ2n) is 14.4. The van der Waals surface area contributed by atoms with E-state index >= 15 is 9.59 Å². The Morgan fingerprint density at radius 2 is 0.552 bits per heavy atom. The van der Waals surface area contributed by atoms with Crippen LogP contribution in [0.2, 0.25) is 0 Å². The van der Waals surface area contributed by atoms with Crippen molar-refractivity contribution in [3.8, 4) is 86.2 Å². The summed E-state index contributed by atoms with van der Waals surface area (Å²) in [5.41, 5.74) is -30.4. The molecule has 0 heterocycles. The summed E-state index contributed by atoms with van der Waals surface area (Å²) in [6.45, 7) is -2.69. The Morgan fingerprint density at radius 3 is 0.821 bits per heavy atom. The fraction of sp³-hybridized carbons (Fsp3) is 0.122. The molecule has 0 radical (unpaired) electrons. The third kappa shape index (κ3) is 7.15. The van der Waals surface area contributed by atoms with Crippen molar-refractivity contribution in [2.24, 2.45) is 0 Å². The number of rotatable bonds is 15. The van der Waals surface area contributed by atoms with Gasteiger partial charge in [0.05, 0.1) is 6.61 Å². The molecule has 67 heavy (non-hydrogen) atoms. The van der Waals surface area contributed by atoms with Gasteiger partial charge in [-0.1, -0.05) is 0 Å². The average molecular weight is 941 g/mol. The Balaban J connectivity index is 2.13. The lowest BCUT2D eigenvalue weighted by atomic mass is 9.54. The molecule has 26 heteroatoms. The summed E-state index contributed by atoms with van der Waals surface area (Å²) in [6, 6.07) is 0.104. The first-order valence-electron chi connectivity index (χ1n) is 17.9. The molecule has 0 aliphatic heterocycles. The molecule has 0 spiro atoms. The fourth-order valence-corrected chi connectivity index (χ4v) is 6.86. The first kappa shape index (κ1) is 48.9. The predicted molar refractivity (Wildman–Crippen MR) is 211 cm³/mol. The highest BCUT2D eigenvalue weighted by Crippen LogP contribution is 2.51. The van der Waals surface area contributed by atoms with Gasteiger partial charge in [0.25, 0.3) is 0 Å². The Morgan fingerprint density at radius 1 is 0.328 bits per heavy atom. The van der Waals surface area contributed by atoms with Crippen molar-refractivity contribution in [2.75, 3.05) is 6.61 Å². The minimum absolute atomic E-state index is 0.0241. The molecule has 5 rings (SSSR count). The lowest BCUT2D eigenvalue weighted by Crippen LogP contribution is -2.86. The van der Waals surface area contributed by atoms with Crippen LogP contribution in [-0.2, 0) is 4.79 Å². The van der Waals surface area contributed by atoms with Crippen LogP contribution in [0.3, 0.4) is 0 Å². The molecule has 0 fully saturated rings. The number of hydrogen-bond acceptors (Lipinski definition) is 26. The summed E-state index contributed by atoms with van der Waals surface area (Å²) in [5, 5.41) is 216. The second-order valence-corrected chi connectivity index (χ2v) is 14.4. The molecule has 0 saturated heterocycles. The molecule has 20 N–H and O–H groups in total. The van der Waals surface area contributed by atoms with Gasteiger partial charge in [-0.15, -0.1) is 0 Å². The van der Waals surface area contributed by atoms with Crippen LogP contribution in [0.5, 0.6) is 86.2 Å². The number of phenolic OH excluding ortho intramolecular Hbond substituents is 15. The van der Waals surface area contributed by atoms with Gasteiger partial charge in [-0.3, -0.25) is 28.8 Å². The molecule has 26 nitrogen and oxygen atoms in total. The zero-order valence-corrected chi connectivity index (χ0v) is 32.9. The van der Waals surface area contributed by atoms with Crippen LogP contribution in [0, 0.1) is 0 Å². The number of Topliss-reactive ketones (excluding diaryl/α,β-unsaturated/α-hetero) is 6. The highest BCUT2D eigenvalue weighted by Gasteiger charge is 2.82. The molecule has 352 valence electrons. The molecule has 0 saturated carbocycles. The lowest BCUT2D eigenvalue weighted by Gasteiger charge is -2.53. The van der Waals surface area contributed by atoms with E-state index in [2.05, 4.69) is 0 Å². The van der Waals surface area contributed by atoms with Crippen molar-refractivity contribution in [3.63, 3.8) is 0 Å². The molecule has 5 aromatic rings. The topological polar surface area (TPSA) is 507 Å². The molecular weight excluding hydrogens is 908 g/mol. The molecular formula is C41H32O26. The average Bonchev–Trinajstić information content (AvgIpc) is 3.28. The first-order valence-corrected chi connectivity index (χ1v) is 17.9. The monoisotopic (exact) mass is 940 g/mol. The second kappa shape index (κ2) is 16.5. The summed E-state index contributed by atoms with van der Waals surface area (Å²) >= 11 is 0. The van der Waals surface area contributed by atoms with Crippen molar-refractivity contribution in [1.82, 2.24) is 0 Å². The number of phenols is 15. The van der Waals surface area contributed by atoms with Crippen LogP contribution in [0.25, 0.3) is 0 Å². The maximum Gasteiger partial charge on any atom is 0.246 e. The van der Waals surface area contributed by atoms with Crippen LogP contribution in [0.1, 0.15) is 51.8 Å². The standard InChI is InChI=1S/C41H32O26/c42-11-38(64,33(59)13-3-19(45)29(55)20(46)4-13)40(66,35(61)15-7-23(49)31(57)24(50)8-15)41(67,36(62)16-9-25(51)32(58)26(52)10-16)39(65,34(60)14-5-21(47)30(56)22(48)6-14)37(63)27(53)12-1-17(43)28(54)18(44)2-12/h1-10,42-52,54-58,64-67H,11H2/t38-,39-,40+,41+/m0/s1. The van der Waals surface area contributed by atoms with Gasteiger partial charge in [-0.2, -0.15) is 0 Å². The van der Waals surface area contributed by atoms with E-state index in [0.717, 1.165) is 0 Å². The van der Waals surface area contributed by atoms with E-state index in [1.54, 1.807) is 0 Å². The number of aliphatic hydroxyl groups excluding tert-OH is 1. The van der Waals surface area contributed by atoms with Gasteiger partial charge in [0.1, 0.15) is 0 Å². The molecule has 0 aromatic heterocycles. The highest BCUT2D eigenvalue weighted by atomic mass is 16.4. The largest absolute Gasteiger partial charge is 0.504 e. The lowest BCUT2D eigenvalue weighted by molar-refractivity contribution is -0.230. The van der Waals surface area contributed by atoms with E-state index in [0.29, 0.717) is 0 Å². The normalized spacial score (nSPS) is 14.9. The summed E-state index contributed by atoms with van der Waals surface area (Å²) < 4.78 is 0.